The molecular weight excluding hydrogens is 426 g/mol. The van der Waals surface area contributed by atoms with E-state index >= 15 is 0 Å². The monoisotopic (exact) mass is 455 g/mol. The summed E-state index contributed by atoms with van der Waals surface area (Å²) in [4.78, 5) is 31.7. The van der Waals surface area contributed by atoms with Gasteiger partial charge >= 0.3 is 0 Å². The van der Waals surface area contributed by atoms with Gasteiger partial charge in [-0.2, -0.15) is 0 Å². The molecule has 7 nitrogen and oxygen atoms in total. The molecule has 0 fully saturated rings. The largest absolute Gasteiger partial charge is 0.399 e. The van der Waals surface area contributed by atoms with Crippen LogP contribution in [0.1, 0.15) is 61.6 Å². The van der Waals surface area contributed by atoms with Crippen LogP contribution in [-0.4, -0.2) is 28.2 Å². The Bertz CT molecular complexity index is 1070. The van der Waals surface area contributed by atoms with Gasteiger partial charge in [-0.25, -0.2) is 4.99 Å². The van der Waals surface area contributed by atoms with Crippen molar-refractivity contribution in [3.05, 3.63) is 64.2 Å². The van der Waals surface area contributed by atoms with Crippen molar-refractivity contribution in [1.82, 2.24) is 10.2 Å². The smallest absolute Gasteiger partial charge is 0.251 e. The molecule has 0 aromatic heterocycles. The van der Waals surface area contributed by atoms with E-state index in [1.165, 1.54) is 4.90 Å². The standard InChI is InChI=1S/C24H30ClN5O2/c1-14(2)24(4)12-21(31)30(23(27)29-24)13-16-8-18(10-19(25)9-16)22(32)28-15(3)17-6-5-7-20(26)11-17/h5-11,14-15H,12-13,26H2,1-4H3,(H2,27,29)(H,28,32)/t15-,24-/m0/s1. The van der Waals surface area contributed by atoms with E-state index in [0.717, 1.165) is 5.56 Å². The molecule has 0 bridgehead atoms. The second-order valence-electron chi connectivity index (χ2n) is 8.85. The first-order valence-corrected chi connectivity index (χ1v) is 11.0. The van der Waals surface area contributed by atoms with Crippen LogP contribution in [0.3, 0.4) is 0 Å². The third-order valence-corrected chi connectivity index (χ3v) is 6.24. The minimum atomic E-state index is -0.520. The number of nitrogens with two attached hydrogens (primary N) is 2. The van der Waals surface area contributed by atoms with E-state index in [2.05, 4.69) is 10.3 Å². The first-order valence-electron chi connectivity index (χ1n) is 10.6. The lowest BCUT2D eigenvalue weighted by molar-refractivity contribution is -0.130. The summed E-state index contributed by atoms with van der Waals surface area (Å²) in [6.45, 7) is 8.04. The normalized spacial score (nSPS) is 19.6. The average Bonchev–Trinajstić information content (AvgIpc) is 2.70. The molecule has 0 saturated heterocycles. The number of guanidine groups is 1. The number of rotatable bonds is 6. The van der Waals surface area contributed by atoms with Crippen LogP contribution in [0.5, 0.6) is 0 Å². The summed E-state index contributed by atoms with van der Waals surface area (Å²) in [5.41, 5.74) is 14.1. The number of nitrogens with one attached hydrogen (secondary N) is 1. The molecule has 5 N–H and O–H groups in total. The molecule has 1 aliphatic rings. The minimum absolute atomic E-state index is 0.102. The lowest BCUT2D eigenvalue weighted by Gasteiger charge is -2.37. The van der Waals surface area contributed by atoms with E-state index in [0.29, 0.717) is 21.8 Å². The quantitative estimate of drug-likeness (QED) is 0.573. The highest BCUT2D eigenvalue weighted by Crippen LogP contribution is 2.30. The second kappa shape index (κ2) is 9.20. The fraction of sp³-hybridized carbons (Fsp3) is 0.375. The lowest BCUT2D eigenvalue weighted by Crippen LogP contribution is -2.51. The molecule has 1 heterocycles. The zero-order chi connectivity index (χ0) is 23.6. The maximum absolute atomic E-state index is 12.9. The molecule has 2 aromatic carbocycles. The third-order valence-electron chi connectivity index (χ3n) is 6.02. The highest BCUT2D eigenvalue weighted by Gasteiger charge is 2.38. The summed E-state index contributed by atoms with van der Waals surface area (Å²) in [5.74, 6) is -0.0214. The van der Waals surface area contributed by atoms with Gasteiger partial charge in [0.25, 0.3) is 5.91 Å². The van der Waals surface area contributed by atoms with Crippen LogP contribution in [0.2, 0.25) is 5.02 Å². The van der Waals surface area contributed by atoms with Crippen molar-refractivity contribution < 1.29 is 9.59 Å². The maximum atomic E-state index is 12.9. The van der Waals surface area contributed by atoms with E-state index in [1.807, 2.05) is 45.9 Å². The molecular formula is C24H30ClN5O2. The number of carbonyl (C=O) groups excluding carboxylic acids is 2. The van der Waals surface area contributed by atoms with Gasteiger partial charge in [0.05, 0.1) is 24.5 Å². The van der Waals surface area contributed by atoms with Crippen molar-refractivity contribution in [2.24, 2.45) is 16.6 Å². The Hall–Kier alpha value is -3.06. The Kier molecular flexibility index (Phi) is 6.79. The number of benzene rings is 2. The topological polar surface area (TPSA) is 114 Å². The highest BCUT2D eigenvalue weighted by molar-refractivity contribution is 6.31. The van der Waals surface area contributed by atoms with Gasteiger partial charge in [0.2, 0.25) is 5.91 Å². The van der Waals surface area contributed by atoms with E-state index < -0.39 is 5.54 Å². The molecule has 0 saturated carbocycles. The molecule has 32 heavy (non-hydrogen) atoms. The summed E-state index contributed by atoms with van der Waals surface area (Å²) in [5, 5.41) is 3.36. The van der Waals surface area contributed by atoms with Crippen molar-refractivity contribution in [2.45, 2.75) is 52.2 Å². The molecule has 3 rings (SSSR count). The number of halogens is 1. The number of anilines is 1. The predicted octanol–water partition coefficient (Wildman–Crippen LogP) is 3.87. The SMILES string of the molecule is CC(C)[C@]1(C)CC(=O)N(Cc2cc(Cl)cc(C(=O)N[C@@H](C)c3cccc(N)c3)c2)C(N)=N1. The zero-order valence-corrected chi connectivity index (χ0v) is 19.6. The first kappa shape index (κ1) is 23.6. The van der Waals surface area contributed by atoms with Crippen LogP contribution < -0.4 is 16.8 Å². The molecule has 0 aliphatic carbocycles. The average molecular weight is 456 g/mol. The van der Waals surface area contributed by atoms with Crippen molar-refractivity contribution in [2.75, 3.05) is 5.73 Å². The number of nitrogen functional groups attached to an aromatic ring is 1. The number of nitrogens with zero attached hydrogens (tertiary/aromatic N) is 2. The van der Waals surface area contributed by atoms with Crippen LogP contribution >= 0.6 is 11.6 Å². The number of hydrogen-bond donors (Lipinski definition) is 3. The summed E-state index contributed by atoms with van der Waals surface area (Å²) in [6.07, 6.45) is 0.275. The van der Waals surface area contributed by atoms with E-state index in [-0.39, 0.29) is 42.7 Å². The van der Waals surface area contributed by atoms with Crippen LogP contribution in [0.25, 0.3) is 0 Å². The Labute approximate surface area is 193 Å². The van der Waals surface area contributed by atoms with Crippen LogP contribution in [-0.2, 0) is 11.3 Å². The fourth-order valence-corrected chi connectivity index (χ4v) is 3.90. The number of amides is 2. The van der Waals surface area contributed by atoms with E-state index in [4.69, 9.17) is 23.1 Å². The second-order valence-corrected chi connectivity index (χ2v) is 9.29. The van der Waals surface area contributed by atoms with Gasteiger partial charge in [-0.15, -0.1) is 0 Å². The summed E-state index contributed by atoms with van der Waals surface area (Å²) in [7, 11) is 0. The van der Waals surface area contributed by atoms with Crippen molar-refractivity contribution in [1.29, 1.82) is 0 Å². The van der Waals surface area contributed by atoms with Crippen LogP contribution in [0.15, 0.2) is 47.5 Å². The first-order chi connectivity index (χ1) is 15.0. The lowest BCUT2D eigenvalue weighted by atomic mass is 9.84. The highest BCUT2D eigenvalue weighted by atomic mass is 35.5. The van der Waals surface area contributed by atoms with Gasteiger partial charge in [0, 0.05) is 16.3 Å². The Morgan fingerprint density at radius 1 is 1.22 bits per heavy atom. The van der Waals surface area contributed by atoms with Crippen LogP contribution in [0.4, 0.5) is 5.69 Å². The number of hydrogen-bond acceptors (Lipinski definition) is 5. The van der Waals surface area contributed by atoms with Gasteiger partial charge in [0.1, 0.15) is 0 Å². The Morgan fingerprint density at radius 3 is 2.56 bits per heavy atom. The molecule has 1 aliphatic heterocycles. The van der Waals surface area contributed by atoms with Gasteiger partial charge < -0.3 is 16.8 Å². The summed E-state index contributed by atoms with van der Waals surface area (Å²) in [6, 6.07) is 12.1. The Morgan fingerprint density at radius 2 is 1.94 bits per heavy atom. The van der Waals surface area contributed by atoms with E-state index in [1.54, 1.807) is 24.3 Å². The number of aliphatic imine (C=N–C) groups is 1. The minimum Gasteiger partial charge on any atom is -0.399 e. The van der Waals surface area contributed by atoms with Crippen molar-refractivity contribution in [3.8, 4) is 0 Å². The van der Waals surface area contributed by atoms with Gasteiger partial charge in [0.15, 0.2) is 5.96 Å². The predicted molar refractivity (Wildman–Crippen MR) is 128 cm³/mol. The number of carbonyl (C=O) groups is 2. The summed E-state index contributed by atoms with van der Waals surface area (Å²) >= 11 is 6.28. The van der Waals surface area contributed by atoms with Crippen LogP contribution in [0, 0.1) is 5.92 Å². The maximum Gasteiger partial charge on any atom is 0.251 e. The Balaban J connectivity index is 1.79. The molecule has 2 aromatic rings. The van der Waals surface area contributed by atoms with Gasteiger partial charge in [-0.3, -0.25) is 14.5 Å². The molecule has 2 atom stereocenters. The molecule has 8 heteroatoms. The fourth-order valence-electron chi connectivity index (χ4n) is 3.64. The molecule has 0 unspecified atom stereocenters. The molecule has 170 valence electrons. The van der Waals surface area contributed by atoms with Crippen molar-refractivity contribution >= 4 is 35.1 Å². The zero-order valence-electron chi connectivity index (χ0n) is 18.9. The van der Waals surface area contributed by atoms with Crippen molar-refractivity contribution in [3.63, 3.8) is 0 Å². The molecule has 0 radical (unpaired) electrons. The third kappa shape index (κ3) is 5.22. The van der Waals surface area contributed by atoms with E-state index in [9.17, 15) is 9.59 Å². The van der Waals surface area contributed by atoms with Gasteiger partial charge in [-0.05, 0) is 61.2 Å². The molecule has 2 amide bonds. The summed E-state index contributed by atoms with van der Waals surface area (Å²) < 4.78 is 0. The molecule has 0 spiro atoms. The van der Waals surface area contributed by atoms with Gasteiger partial charge in [-0.1, -0.05) is 37.6 Å².